The Morgan fingerprint density at radius 2 is 2.20 bits per heavy atom. The summed E-state index contributed by atoms with van der Waals surface area (Å²) in [5.74, 6) is 0.290. The van der Waals surface area contributed by atoms with Gasteiger partial charge in [0.2, 0.25) is 0 Å². The van der Waals surface area contributed by atoms with Gasteiger partial charge in [-0.05, 0) is 18.1 Å². The van der Waals surface area contributed by atoms with Crippen LogP contribution in [0.4, 0.5) is 0 Å². The van der Waals surface area contributed by atoms with Crippen molar-refractivity contribution in [3.63, 3.8) is 0 Å². The van der Waals surface area contributed by atoms with E-state index < -0.39 is 0 Å². The van der Waals surface area contributed by atoms with Crippen LogP contribution in [-0.2, 0) is 6.42 Å². The van der Waals surface area contributed by atoms with Gasteiger partial charge in [0.05, 0.1) is 0 Å². The Morgan fingerprint density at radius 1 is 1.40 bits per heavy atom. The van der Waals surface area contributed by atoms with Crippen LogP contribution in [0.5, 0.6) is 0 Å². The quantitative estimate of drug-likeness (QED) is 0.525. The van der Waals surface area contributed by atoms with E-state index in [1.165, 1.54) is 11.1 Å². The second-order valence-electron chi connectivity index (χ2n) is 2.70. The van der Waals surface area contributed by atoms with Crippen LogP contribution in [0.15, 0.2) is 18.2 Å². The van der Waals surface area contributed by atoms with E-state index in [4.69, 9.17) is 0 Å². The summed E-state index contributed by atoms with van der Waals surface area (Å²) in [7, 11) is 0. The Hall–Kier alpha value is -1.11. The first-order valence-electron chi connectivity index (χ1n) is 3.41. The van der Waals surface area contributed by atoms with E-state index >= 15 is 0 Å². The zero-order valence-corrected chi connectivity index (χ0v) is 5.85. The normalized spacial score (nSPS) is 14.3. The molecular weight excluding hydrogens is 124 g/mol. The second-order valence-corrected chi connectivity index (χ2v) is 2.70. The number of hydrogen-bond acceptors (Lipinski definition) is 1. The Labute approximate surface area is 59.7 Å². The molecule has 1 aromatic rings. The molecule has 0 radical (unpaired) electrons. The molecule has 0 atom stereocenters. The highest BCUT2D eigenvalue weighted by atomic mass is 16.1. The molecule has 2 rings (SSSR count). The van der Waals surface area contributed by atoms with Gasteiger partial charge in [-0.2, -0.15) is 0 Å². The third kappa shape index (κ3) is 0.548. The van der Waals surface area contributed by atoms with Crippen LogP contribution in [-0.4, -0.2) is 5.78 Å². The lowest BCUT2D eigenvalue weighted by atomic mass is 9.84. The van der Waals surface area contributed by atoms with Crippen LogP contribution < -0.4 is 0 Å². The van der Waals surface area contributed by atoms with Gasteiger partial charge < -0.3 is 0 Å². The minimum atomic E-state index is 0.290. The summed E-state index contributed by atoms with van der Waals surface area (Å²) in [4.78, 5) is 10.9. The highest BCUT2D eigenvalue weighted by Gasteiger charge is 2.23. The molecule has 50 valence electrons. The predicted molar refractivity (Wildman–Crippen MR) is 39.2 cm³/mol. The van der Waals surface area contributed by atoms with E-state index in [1.807, 2.05) is 25.1 Å². The number of hydrogen-bond donors (Lipinski definition) is 0. The lowest BCUT2D eigenvalue weighted by Crippen LogP contribution is -2.19. The number of fused-ring (bicyclic) bond motifs is 1. The Morgan fingerprint density at radius 3 is 2.80 bits per heavy atom. The van der Waals surface area contributed by atoms with E-state index in [-0.39, 0.29) is 0 Å². The molecule has 0 bridgehead atoms. The summed E-state index contributed by atoms with van der Waals surface area (Å²) < 4.78 is 0. The molecule has 1 aliphatic rings. The maximum absolute atomic E-state index is 10.9. The summed E-state index contributed by atoms with van der Waals surface area (Å²) in [5.41, 5.74) is 3.42. The molecule has 10 heavy (non-hydrogen) atoms. The zero-order valence-electron chi connectivity index (χ0n) is 5.85. The number of Topliss-reactive ketones (excluding diaryl/α,β-unsaturated/α-hetero) is 1. The van der Waals surface area contributed by atoms with E-state index in [0.717, 1.165) is 5.56 Å². The van der Waals surface area contributed by atoms with Crippen molar-refractivity contribution < 1.29 is 4.79 Å². The summed E-state index contributed by atoms with van der Waals surface area (Å²) in [6, 6.07) is 5.88. The first kappa shape index (κ1) is 5.66. The Kier molecular flexibility index (Phi) is 0.956. The molecule has 0 unspecified atom stereocenters. The van der Waals surface area contributed by atoms with Crippen molar-refractivity contribution in [2.75, 3.05) is 0 Å². The summed E-state index contributed by atoms with van der Waals surface area (Å²) >= 11 is 0. The average Bonchev–Trinajstić information content (AvgIpc) is 1.91. The SMILES string of the molecule is Cc1cccc2c1CC2=O. The van der Waals surface area contributed by atoms with Crippen molar-refractivity contribution >= 4 is 5.78 Å². The van der Waals surface area contributed by atoms with Crippen LogP contribution >= 0.6 is 0 Å². The molecule has 1 aliphatic carbocycles. The van der Waals surface area contributed by atoms with Gasteiger partial charge >= 0.3 is 0 Å². The standard InChI is InChI=1S/C9H8O/c1-6-3-2-4-7-8(6)5-9(7)10/h2-4H,5H2,1H3. The third-order valence-corrected chi connectivity index (χ3v) is 2.05. The van der Waals surface area contributed by atoms with Crippen molar-refractivity contribution in [2.45, 2.75) is 13.3 Å². The molecule has 0 N–H and O–H groups in total. The summed E-state index contributed by atoms with van der Waals surface area (Å²) in [5, 5.41) is 0. The number of ketones is 1. The number of rotatable bonds is 0. The predicted octanol–water partition coefficient (Wildman–Crippen LogP) is 1.73. The van der Waals surface area contributed by atoms with Crippen LogP contribution in [0.1, 0.15) is 21.5 Å². The molecule has 0 spiro atoms. The van der Waals surface area contributed by atoms with E-state index in [9.17, 15) is 4.79 Å². The average molecular weight is 132 g/mol. The highest BCUT2D eigenvalue weighted by molar-refractivity contribution is 6.07. The van der Waals surface area contributed by atoms with Gasteiger partial charge in [0.1, 0.15) is 0 Å². The second kappa shape index (κ2) is 1.69. The molecule has 0 heterocycles. The Bertz CT molecular complexity index is 300. The minimum Gasteiger partial charge on any atom is -0.294 e. The number of benzene rings is 1. The lowest BCUT2D eigenvalue weighted by molar-refractivity contribution is 0.0967. The molecule has 0 fully saturated rings. The molecule has 0 saturated carbocycles. The van der Waals surface area contributed by atoms with Crippen LogP contribution in [0.3, 0.4) is 0 Å². The van der Waals surface area contributed by atoms with Crippen LogP contribution in [0, 0.1) is 6.92 Å². The minimum absolute atomic E-state index is 0.290. The first-order valence-corrected chi connectivity index (χ1v) is 3.41. The maximum atomic E-state index is 10.9. The van der Waals surface area contributed by atoms with Crippen molar-refractivity contribution in [3.05, 3.63) is 34.9 Å². The number of carbonyl (C=O) groups excluding carboxylic acids is 1. The third-order valence-electron chi connectivity index (χ3n) is 2.05. The lowest BCUT2D eigenvalue weighted by Gasteiger charge is -2.18. The number of aryl methyl sites for hydroxylation is 1. The van der Waals surface area contributed by atoms with Crippen molar-refractivity contribution in [3.8, 4) is 0 Å². The monoisotopic (exact) mass is 132 g/mol. The highest BCUT2D eigenvalue weighted by Crippen LogP contribution is 2.25. The molecule has 0 aromatic heterocycles. The molecular formula is C9H8O. The van der Waals surface area contributed by atoms with Crippen molar-refractivity contribution in [1.29, 1.82) is 0 Å². The number of carbonyl (C=O) groups is 1. The van der Waals surface area contributed by atoms with Gasteiger partial charge in [0, 0.05) is 12.0 Å². The van der Waals surface area contributed by atoms with Crippen molar-refractivity contribution in [1.82, 2.24) is 0 Å². The fourth-order valence-corrected chi connectivity index (χ4v) is 1.35. The van der Waals surface area contributed by atoms with Gasteiger partial charge in [0.15, 0.2) is 5.78 Å². The maximum Gasteiger partial charge on any atom is 0.167 e. The summed E-state index contributed by atoms with van der Waals surface area (Å²) in [6.07, 6.45) is 0.655. The Balaban J connectivity index is 2.66. The van der Waals surface area contributed by atoms with E-state index in [0.29, 0.717) is 12.2 Å². The fraction of sp³-hybridized carbons (Fsp3) is 0.222. The smallest absolute Gasteiger partial charge is 0.167 e. The first-order chi connectivity index (χ1) is 4.79. The van der Waals surface area contributed by atoms with Gasteiger partial charge in [-0.25, -0.2) is 0 Å². The fourth-order valence-electron chi connectivity index (χ4n) is 1.35. The van der Waals surface area contributed by atoms with Crippen molar-refractivity contribution in [2.24, 2.45) is 0 Å². The van der Waals surface area contributed by atoms with E-state index in [1.54, 1.807) is 0 Å². The molecule has 0 amide bonds. The van der Waals surface area contributed by atoms with Gasteiger partial charge in [-0.1, -0.05) is 18.2 Å². The molecule has 0 saturated heterocycles. The topological polar surface area (TPSA) is 17.1 Å². The van der Waals surface area contributed by atoms with Gasteiger partial charge in [-0.3, -0.25) is 4.79 Å². The molecule has 1 nitrogen and oxygen atoms in total. The molecule has 0 aliphatic heterocycles. The molecule has 1 heteroatoms. The zero-order chi connectivity index (χ0) is 7.14. The van der Waals surface area contributed by atoms with Gasteiger partial charge in [0.25, 0.3) is 0 Å². The molecule has 1 aromatic carbocycles. The van der Waals surface area contributed by atoms with E-state index in [2.05, 4.69) is 0 Å². The largest absolute Gasteiger partial charge is 0.294 e. The van der Waals surface area contributed by atoms with Crippen LogP contribution in [0.2, 0.25) is 0 Å². The van der Waals surface area contributed by atoms with Crippen LogP contribution in [0.25, 0.3) is 0 Å². The summed E-state index contributed by atoms with van der Waals surface area (Å²) in [6.45, 7) is 2.05. The van der Waals surface area contributed by atoms with Gasteiger partial charge in [-0.15, -0.1) is 0 Å².